The molecule has 1 aromatic rings. The van der Waals surface area contributed by atoms with Crippen molar-refractivity contribution in [2.45, 2.75) is 51.6 Å². The summed E-state index contributed by atoms with van der Waals surface area (Å²) in [5.41, 5.74) is 0. The molecule has 0 spiro atoms. The van der Waals surface area contributed by atoms with E-state index >= 15 is 0 Å². The lowest BCUT2D eigenvalue weighted by Gasteiger charge is -2.25. The van der Waals surface area contributed by atoms with Gasteiger partial charge in [-0.05, 0) is 38.5 Å². The van der Waals surface area contributed by atoms with Crippen molar-refractivity contribution >= 4 is 5.91 Å². The van der Waals surface area contributed by atoms with Gasteiger partial charge in [0.2, 0.25) is 11.8 Å². The zero-order chi connectivity index (χ0) is 13.7. The third kappa shape index (κ3) is 4.63. The fraction of sp³-hybridized carbons (Fsp3) is 0.769. The van der Waals surface area contributed by atoms with Crippen molar-refractivity contribution in [2.24, 2.45) is 5.92 Å². The molecule has 1 aromatic heterocycles. The summed E-state index contributed by atoms with van der Waals surface area (Å²) in [6, 6.07) is 0. The number of nitrogens with zero attached hydrogens (tertiary/aromatic N) is 2. The number of hydrogen-bond donors (Lipinski definition) is 2. The van der Waals surface area contributed by atoms with Crippen LogP contribution in [0.1, 0.15) is 43.8 Å². The summed E-state index contributed by atoms with van der Waals surface area (Å²) in [6.45, 7) is 2.46. The smallest absolute Gasteiger partial charge is 0.227 e. The molecule has 0 aliphatic heterocycles. The lowest BCUT2D eigenvalue weighted by atomic mass is 9.87. The zero-order valence-electron chi connectivity index (χ0n) is 11.3. The van der Waals surface area contributed by atoms with Crippen LogP contribution in [0.3, 0.4) is 0 Å². The second-order valence-electron chi connectivity index (χ2n) is 5.21. The second kappa shape index (κ2) is 6.65. The SMILES string of the molecule is Cc1noc(CCC(=O)NCC2CCC(O)CC2)n1. The molecule has 0 bridgehead atoms. The van der Waals surface area contributed by atoms with E-state index in [9.17, 15) is 9.90 Å². The van der Waals surface area contributed by atoms with E-state index in [1.165, 1.54) is 0 Å². The van der Waals surface area contributed by atoms with E-state index in [1.54, 1.807) is 6.92 Å². The largest absolute Gasteiger partial charge is 0.393 e. The number of hydrogen-bond acceptors (Lipinski definition) is 5. The van der Waals surface area contributed by atoms with E-state index in [-0.39, 0.29) is 12.0 Å². The molecule has 1 amide bonds. The van der Waals surface area contributed by atoms with Crippen molar-refractivity contribution < 1.29 is 14.4 Å². The highest BCUT2D eigenvalue weighted by Crippen LogP contribution is 2.23. The van der Waals surface area contributed by atoms with Crippen molar-refractivity contribution in [3.63, 3.8) is 0 Å². The Hall–Kier alpha value is -1.43. The molecule has 0 radical (unpaired) electrons. The Morgan fingerprint density at radius 3 is 2.79 bits per heavy atom. The first kappa shape index (κ1) is 14.0. The van der Waals surface area contributed by atoms with Crippen molar-refractivity contribution in [3.05, 3.63) is 11.7 Å². The molecule has 106 valence electrons. The molecule has 1 fully saturated rings. The third-order valence-electron chi connectivity index (χ3n) is 3.54. The lowest BCUT2D eigenvalue weighted by molar-refractivity contribution is -0.121. The molecule has 2 N–H and O–H groups in total. The molecule has 0 aromatic carbocycles. The minimum Gasteiger partial charge on any atom is -0.393 e. The number of rotatable bonds is 5. The average Bonchev–Trinajstić information content (AvgIpc) is 2.81. The Bertz CT molecular complexity index is 411. The highest BCUT2D eigenvalue weighted by Gasteiger charge is 2.19. The van der Waals surface area contributed by atoms with Gasteiger partial charge in [-0.1, -0.05) is 5.16 Å². The normalized spacial score (nSPS) is 23.3. The van der Waals surface area contributed by atoms with Gasteiger partial charge in [-0.2, -0.15) is 4.98 Å². The van der Waals surface area contributed by atoms with Gasteiger partial charge in [0.25, 0.3) is 0 Å². The minimum atomic E-state index is -0.146. The quantitative estimate of drug-likeness (QED) is 0.830. The van der Waals surface area contributed by atoms with Crippen LogP contribution in [0.25, 0.3) is 0 Å². The lowest BCUT2D eigenvalue weighted by Crippen LogP contribution is -2.32. The molecule has 0 saturated heterocycles. The fourth-order valence-corrected chi connectivity index (χ4v) is 2.36. The van der Waals surface area contributed by atoms with E-state index in [0.717, 1.165) is 25.7 Å². The van der Waals surface area contributed by atoms with Crippen LogP contribution in [0, 0.1) is 12.8 Å². The number of aromatic nitrogens is 2. The highest BCUT2D eigenvalue weighted by molar-refractivity contribution is 5.75. The van der Waals surface area contributed by atoms with Crippen LogP contribution in [-0.4, -0.2) is 33.8 Å². The summed E-state index contributed by atoms with van der Waals surface area (Å²) in [5, 5.41) is 16.0. The Morgan fingerprint density at radius 1 is 1.42 bits per heavy atom. The van der Waals surface area contributed by atoms with Crippen LogP contribution in [0.15, 0.2) is 4.52 Å². The van der Waals surface area contributed by atoms with Gasteiger partial charge in [-0.25, -0.2) is 0 Å². The molecular formula is C13H21N3O3. The first-order valence-corrected chi connectivity index (χ1v) is 6.87. The van der Waals surface area contributed by atoms with Gasteiger partial charge in [0, 0.05) is 19.4 Å². The van der Waals surface area contributed by atoms with Crippen LogP contribution in [0.2, 0.25) is 0 Å². The number of amides is 1. The summed E-state index contributed by atoms with van der Waals surface area (Å²) in [6.07, 6.45) is 4.39. The highest BCUT2D eigenvalue weighted by atomic mass is 16.5. The molecule has 6 heteroatoms. The van der Waals surface area contributed by atoms with Gasteiger partial charge in [0.1, 0.15) is 0 Å². The predicted octanol–water partition coefficient (Wildman–Crippen LogP) is 0.978. The maximum Gasteiger partial charge on any atom is 0.227 e. The van der Waals surface area contributed by atoms with Gasteiger partial charge >= 0.3 is 0 Å². The fourth-order valence-electron chi connectivity index (χ4n) is 2.36. The van der Waals surface area contributed by atoms with Crippen molar-refractivity contribution in [1.29, 1.82) is 0 Å². The molecule has 1 heterocycles. The van der Waals surface area contributed by atoms with Crippen LogP contribution in [0.4, 0.5) is 0 Å². The first-order valence-electron chi connectivity index (χ1n) is 6.87. The van der Waals surface area contributed by atoms with E-state index in [1.807, 2.05) is 0 Å². The van der Waals surface area contributed by atoms with Crippen LogP contribution < -0.4 is 5.32 Å². The molecule has 2 rings (SSSR count). The summed E-state index contributed by atoms with van der Waals surface area (Å²) < 4.78 is 4.95. The summed E-state index contributed by atoms with van der Waals surface area (Å²) in [7, 11) is 0. The Kier molecular flexibility index (Phi) is 4.90. The third-order valence-corrected chi connectivity index (χ3v) is 3.54. The van der Waals surface area contributed by atoms with Crippen LogP contribution in [-0.2, 0) is 11.2 Å². The average molecular weight is 267 g/mol. The number of carbonyl (C=O) groups is 1. The number of aliphatic hydroxyl groups is 1. The second-order valence-corrected chi connectivity index (χ2v) is 5.21. The van der Waals surface area contributed by atoms with Crippen molar-refractivity contribution in [3.8, 4) is 0 Å². The monoisotopic (exact) mass is 267 g/mol. The molecule has 0 atom stereocenters. The zero-order valence-corrected chi connectivity index (χ0v) is 11.3. The molecule has 1 aliphatic carbocycles. The first-order chi connectivity index (χ1) is 9.13. The summed E-state index contributed by atoms with van der Waals surface area (Å²) in [4.78, 5) is 15.7. The number of aliphatic hydroxyl groups excluding tert-OH is 1. The maximum atomic E-state index is 11.7. The van der Waals surface area contributed by atoms with E-state index < -0.39 is 0 Å². The molecule has 6 nitrogen and oxygen atoms in total. The van der Waals surface area contributed by atoms with Crippen molar-refractivity contribution in [1.82, 2.24) is 15.5 Å². The predicted molar refractivity (Wildman–Crippen MR) is 68.3 cm³/mol. The van der Waals surface area contributed by atoms with E-state index in [2.05, 4.69) is 15.5 Å². The molecule has 19 heavy (non-hydrogen) atoms. The Balaban J connectivity index is 1.62. The maximum absolute atomic E-state index is 11.7. The van der Waals surface area contributed by atoms with E-state index in [0.29, 0.717) is 37.0 Å². The van der Waals surface area contributed by atoms with Crippen molar-refractivity contribution in [2.75, 3.05) is 6.54 Å². The summed E-state index contributed by atoms with van der Waals surface area (Å²) >= 11 is 0. The van der Waals surface area contributed by atoms with Gasteiger partial charge < -0.3 is 14.9 Å². The number of nitrogens with one attached hydrogen (secondary N) is 1. The van der Waals surface area contributed by atoms with Crippen LogP contribution in [0.5, 0.6) is 0 Å². The van der Waals surface area contributed by atoms with Gasteiger partial charge in [-0.3, -0.25) is 4.79 Å². The number of carbonyl (C=O) groups excluding carboxylic acids is 1. The van der Waals surface area contributed by atoms with Gasteiger partial charge in [0.15, 0.2) is 5.82 Å². The molecule has 1 saturated carbocycles. The minimum absolute atomic E-state index is 0.0157. The molecule has 0 unspecified atom stereocenters. The van der Waals surface area contributed by atoms with Crippen LogP contribution >= 0.6 is 0 Å². The Morgan fingerprint density at radius 2 is 2.16 bits per heavy atom. The Labute approximate surface area is 112 Å². The topological polar surface area (TPSA) is 88.2 Å². The van der Waals surface area contributed by atoms with E-state index in [4.69, 9.17) is 4.52 Å². The van der Waals surface area contributed by atoms with Gasteiger partial charge in [0.05, 0.1) is 6.10 Å². The number of aryl methyl sites for hydroxylation is 2. The summed E-state index contributed by atoms with van der Waals surface area (Å²) in [5.74, 6) is 1.62. The molecular weight excluding hydrogens is 246 g/mol. The standard InChI is InChI=1S/C13H21N3O3/c1-9-15-13(19-16-9)7-6-12(18)14-8-10-2-4-11(17)5-3-10/h10-11,17H,2-8H2,1H3,(H,14,18). The van der Waals surface area contributed by atoms with Gasteiger partial charge in [-0.15, -0.1) is 0 Å². The molecule has 1 aliphatic rings.